The average Bonchev–Trinajstić information content (AvgIpc) is 2.80. The summed E-state index contributed by atoms with van der Waals surface area (Å²) in [4.78, 5) is 21.7. The molecule has 0 radical (unpaired) electrons. The number of rotatable bonds is 27. The number of nitrogens with two attached hydrogens (primary N) is 1. The van der Waals surface area contributed by atoms with Gasteiger partial charge >= 0.3 is 19.5 Å². The standard InChI is InChI=1S/C25H53NO6P2S2.Fe.Mo/c1-3-5-7-9-11-13-15-17-19-21-23-29-33(28,35)32-34(36,31-25(26)27)30-24-22-20-18-16-14-12-10-8-6-4-2;;/h3-24H2,1-2H3,(H2,26,27)(H,28,35);;. The summed E-state index contributed by atoms with van der Waals surface area (Å²) in [5.74, 6) is 0. The maximum atomic E-state index is 11.3. The van der Waals surface area contributed by atoms with E-state index in [1.54, 1.807) is 0 Å². The Bertz CT molecular complexity index is 641. The van der Waals surface area contributed by atoms with Crippen LogP contribution in [0.4, 0.5) is 4.79 Å². The van der Waals surface area contributed by atoms with Gasteiger partial charge in [-0.15, -0.1) is 0 Å². The fourth-order valence-corrected chi connectivity index (χ4v) is 9.02. The van der Waals surface area contributed by atoms with E-state index in [4.69, 9.17) is 47.2 Å². The smallest absolute Gasteiger partial charge is 0.374 e. The van der Waals surface area contributed by atoms with E-state index >= 15 is 0 Å². The van der Waals surface area contributed by atoms with Crippen molar-refractivity contribution in [2.45, 2.75) is 142 Å². The Morgan fingerprint density at radius 3 is 1.32 bits per heavy atom. The van der Waals surface area contributed by atoms with Crippen molar-refractivity contribution in [2.75, 3.05) is 13.2 Å². The molecule has 2 unspecified atom stereocenters. The zero-order valence-electron chi connectivity index (χ0n) is 23.6. The van der Waals surface area contributed by atoms with Gasteiger partial charge in [0.25, 0.3) is 0 Å². The summed E-state index contributed by atoms with van der Waals surface area (Å²) in [5, 5.41) is 0. The second-order valence-corrected chi connectivity index (χ2v) is 15.3. The van der Waals surface area contributed by atoms with E-state index in [0.29, 0.717) is 0 Å². The SMILES string of the molecule is CCCCCCCCCCCCOP(O)(=S)OP(=S)(OCCCCCCCCCCCC)OC(N)=O.[Fe].[Mo]. The van der Waals surface area contributed by atoms with Crippen LogP contribution in [-0.2, 0) is 79.6 Å². The van der Waals surface area contributed by atoms with Crippen molar-refractivity contribution in [1.82, 2.24) is 0 Å². The molecule has 0 aliphatic rings. The molecule has 0 saturated carbocycles. The van der Waals surface area contributed by atoms with Crippen LogP contribution in [-0.4, -0.2) is 24.2 Å². The van der Waals surface area contributed by atoms with Crippen LogP contribution in [0.3, 0.4) is 0 Å². The third-order valence-corrected chi connectivity index (χ3v) is 11.0. The maximum absolute atomic E-state index is 11.3. The molecule has 3 N–H and O–H groups in total. The first-order valence-electron chi connectivity index (χ1n) is 14.2. The molecule has 1 amide bonds. The molecule has 0 aromatic heterocycles. The van der Waals surface area contributed by atoms with Gasteiger partial charge in [-0.3, -0.25) is 4.52 Å². The quantitative estimate of drug-likeness (QED) is 0.0488. The fraction of sp³-hybridized carbons (Fsp3) is 0.960. The van der Waals surface area contributed by atoms with Gasteiger partial charge in [0.1, 0.15) is 0 Å². The van der Waals surface area contributed by atoms with E-state index in [1.807, 2.05) is 0 Å². The minimum Gasteiger partial charge on any atom is -0.374 e. The first kappa shape index (κ1) is 44.1. The molecule has 0 rings (SSSR count). The molecule has 13 heteroatoms. The molecular formula is C25H53FeMoNO6P2S2. The molecule has 0 aromatic carbocycles. The Balaban J connectivity index is -0.00000612. The molecule has 2 atom stereocenters. The van der Waals surface area contributed by atoms with Crippen molar-refractivity contribution in [3.8, 4) is 0 Å². The predicted molar refractivity (Wildman–Crippen MR) is 158 cm³/mol. The molecule has 0 bridgehead atoms. The summed E-state index contributed by atoms with van der Waals surface area (Å²) >= 11 is 10.3. The number of carbonyl (C=O) groups excluding carboxylic acids is 1. The first-order valence-corrected chi connectivity index (χ1v) is 19.3. The molecule has 0 spiro atoms. The van der Waals surface area contributed by atoms with E-state index in [9.17, 15) is 9.69 Å². The molecular weight excluding hydrogens is 688 g/mol. The summed E-state index contributed by atoms with van der Waals surface area (Å²) < 4.78 is 21.2. The Hall–Kier alpha value is 1.62. The Morgan fingerprint density at radius 1 is 0.658 bits per heavy atom. The van der Waals surface area contributed by atoms with E-state index < -0.39 is 19.5 Å². The van der Waals surface area contributed by atoms with Crippen LogP contribution in [0, 0.1) is 0 Å². The van der Waals surface area contributed by atoms with Crippen LogP contribution in [0.25, 0.3) is 0 Å². The molecule has 230 valence electrons. The number of unbranched alkanes of at least 4 members (excludes halogenated alkanes) is 18. The third kappa shape index (κ3) is 30.6. The fourth-order valence-electron chi connectivity index (χ4n) is 3.86. The molecule has 0 aliphatic carbocycles. The largest absolute Gasteiger partial charge is 0.411 e. The normalized spacial score (nSPS) is 14.1. The Labute approximate surface area is 268 Å². The van der Waals surface area contributed by atoms with Gasteiger partial charge in [0.15, 0.2) is 0 Å². The summed E-state index contributed by atoms with van der Waals surface area (Å²) in [5.41, 5.74) is 5.14. The van der Waals surface area contributed by atoms with Crippen LogP contribution in [0.15, 0.2) is 0 Å². The van der Waals surface area contributed by atoms with Crippen molar-refractivity contribution in [2.24, 2.45) is 5.73 Å². The zero-order chi connectivity index (χ0) is 27.0. The summed E-state index contributed by atoms with van der Waals surface area (Å²) in [7, 11) is 0. The maximum Gasteiger partial charge on any atom is 0.411 e. The van der Waals surface area contributed by atoms with Crippen molar-refractivity contribution in [3.05, 3.63) is 0 Å². The second kappa shape index (κ2) is 30.1. The Kier molecular flexibility index (Phi) is 34.9. The summed E-state index contributed by atoms with van der Waals surface area (Å²) in [6, 6.07) is 0. The number of primary amides is 1. The van der Waals surface area contributed by atoms with Crippen molar-refractivity contribution in [1.29, 1.82) is 0 Å². The molecule has 0 saturated heterocycles. The van der Waals surface area contributed by atoms with Crippen molar-refractivity contribution in [3.63, 3.8) is 0 Å². The predicted octanol–water partition coefficient (Wildman–Crippen LogP) is 9.41. The second-order valence-electron chi connectivity index (χ2n) is 9.44. The van der Waals surface area contributed by atoms with E-state index in [1.165, 1.54) is 89.9 Å². The average molecular weight is 742 g/mol. The van der Waals surface area contributed by atoms with E-state index in [-0.39, 0.29) is 51.3 Å². The topological polar surface area (TPSA) is 100 Å². The third-order valence-electron chi connectivity index (χ3n) is 5.90. The van der Waals surface area contributed by atoms with Gasteiger partial charge in [-0.05, 0) is 24.6 Å². The van der Waals surface area contributed by atoms with Gasteiger partial charge in [-0.25, -0.2) is 9.11 Å². The van der Waals surface area contributed by atoms with Crippen LogP contribution in [0.1, 0.15) is 142 Å². The van der Waals surface area contributed by atoms with Crippen LogP contribution >= 0.6 is 13.4 Å². The van der Waals surface area contributed by atoms with Gasteiger partial charge in [0.05, 0.1) is 13.2 Å². The molecule has 0 heterocycles. The Morgan fingerprint density at radius 2 is 0.974 bits per heavy atom. The van der Waals surface area contributed by atoms with Crippen LogP contribution in [0.5, 0.6) is 0 Å². The zero-order valence-corrected chi connectivity index (χ0v) is 30.1. The number of amides is 1. The van der Waals surface area contributed by atoms with Gasteiger partial charge in [0.2, 0.25) is 0 Å². The molecule has 0 aromatic rings. The van der Waals surface area contributed by atoms with Gasteiger partial charge < -0.3 is 19.7 Å². The van der Waals surface area contributed by atoms with Gasteiger partial charge in [-0.1, -0.05) is 129 Å². The number of hydrogen-bond acceptors (Lipinski definition) is 7. The van der Waals surface area contributed by atoms with Gasteiger partial charge in [0, 0.05) is 49.9 Å². The monoisotopic (exact) mass is 743 g/mol. The molecule has 7 nitrogen and oxygen atoms in total. The van der Waals surface area contributed by atoms with Gasteiger partial charge in [-0.2, -0.15) is 0 Å². The minimum absolute atomic E-state index is 0. The molecule has 38 heavy (non-hydrogen) atoms. The van der Waals surface area contributed by atoms with Crippen molar-refractivity contribution >= 4 is 43.1 Å². The number of hydrogen-bond donors (Lipinski definition) is 2. The van der Waals surface area contributed by atoms with E-state index in [0.717, 1.165) is 38.5 Å². The van der Waals surface area contributed by atoms with Crippen molar-refractivity contribution < 1.29 is 65.7 Å². The minimum atomic E-state index is -3.71. The van der Waals surface area contributed by atoms with Crippen LogP contribution < -0.4 is 5.73 Å². The van der Waals surface area contributed by atoms with E-state index in [2.05, 4.69) is 13.8 Å². The van der Waals surface area contributed by atoms with Crippen LogP contribution in [0.2, 0.25) is 0 Å². The molecule has 0 aliphatic heterocycles. The summed E-state index contributed by atoms with van der Waals surface area (Å²) in [6.45, 7) is -2.38. The molecule has 0 fully saturated rings. The first-order chi connectivity index (χ1) is 17.2. The summed E-state index contributed by atoms with van der Waals surface area (Å²) in [6.07, 6.45) is 22.6. The number of carbonyl (C=O) groups is 1.